The van der Waals surface area contributed by atoms with Crippen LogP contribution in [0.5, 0.6) is 0 Å². The van der Waals surface area contributed by atoms with Crippen LogP contribution in [0.1, 0.15) is 0 Å². The maximum atomic E-state index is 10.3. The Morgan fingerprint density at radius 3 is 1.00 bits per heavy atom. The van der Waals surface area contributed by atoms with E-state index in [9.17, 15) is 9.59 Å². The van der Waals surface area contributed by atoms with Gasteiger partial charge in [-0.2, -0.15) is 0 Å². The average Bonchev–Trinajstić information content (AvgIpc) is 2.57. The molecule has 0 unspecified atom stereocenters. The SMILES string of the molecule is O=c1c([Se])c([Se])c1=O.c1ccncc1.c1ccncc1. The molecule has 0 aliphatic rings. The Bertz CT molecular complexity index is 567. The first-order valence-electron chi connectivity index (χ1n) is 5.52. The third-order valence-electron chi connectivity index (χ3n) is 1.96. The Balaban J connectivity index is 0.000000152. The van der Waals surface area contributed by atoms with Gasteiger partial charge < -0.3 is 0 Å². The topological polar surface area (TPSA) is 59.9 Å². The van der Waals surface area contributed by atoms with E-state index >= 15 is 0 Å². The molecule has 0 fully saturated rings. The molecule has 1 aromatic carbocycles. The molecule has 0 aliphatic carbocycles. The summed E-state index contributed by atoms with van der Waals surface area (Å²) >= 11 is 4.97. The molecule has 20 heavy (non-hydrogen) atoms. The van der Waals surface area contributed by atoms with Crippen LogP contribution in [0.4, 0.5) is 0 Å². The first-order valence-corrected chi connectivity index (χ1v) is 7.23. The summed E-state index contributed by atoms with van der Waals surface area (Å²) < 4.78 is 0.880. The van der Waals surface area contributed by atoms with Crippen LogP contribution in [0.3, 0.4) is 0 Å². The summed E-state index contributed by atoms with van der Waals surface area (Å²) in [6, 6.07) is 11.4. The molecular weight excluding hydrogens is 386 g/mol. The smallest absolute Gasteiger partial charge is 0.0267 e. The second-order valence-corrected chi connectivity index (χ2v) is 5.08. The predicted molar refractivity (Wildman–Crippen MR) is 80.6 cm³/mol. The average molecular weight is 396 g/mol. The summed E-state index contributed by atoms with van der Waals surface area (Å²) in [6.07, 6.45) is 7.00. The predicted octanol–water partition coefficient (Wildman–Crippen LogP) is -0.967. The summed E-state index contributed by atoms with van der Waals surface area (Å²) in [5, 5.41) is 0. The van der Waals surface area contributed by atoms with Gasteiger partial charge in [0.2, 0.25) is 0 Å². The maximum Gasteiger partial charge on any atom is 0.0267 e. The largest absolute Gasteiger partial charge is 0.265 e. The van der Waals surface area contributed by atoms with Crippen molar-refractivity contribution in [3.05, 3.63) is 81.6 Å². The molecular formula is C14H10N2O2Se2. The molecule has 2 radical (unpaired) electrons. The monoisotopic (exact) mass is 398 g/mol. The summed E-state index contributed by atoms with van der Waals surface area (Å²) in [5.74, 6) is 0. The van der Waals surface area contributed by atoms with Crippen molar-refractivity contribution in [2.75, 3.05) is 0 Å². The van der Waals surface area contributed by atoms with E-state index in [1.54, 1.807) is 24.8 Å². The van der Waals surface area contributed by atoms with E-state index in [0.717, 1.165) is 0 Å². The summed E-state index contributed by atoms with van der Waals surface area (Å²) in [4.78, 5) is 28.2. The molecule has 3 aromatic rings. The van der Waals surface area contributed by atoms with Gasteiger partial charge in [-0.05, 0) is 24.3 Å². The summed E-state index contributed by atoms with van der Waals surface area (Å²) in [5.41, 5.74) is -0.808. The van der Waals surface area contributed by atoms with Crippen molar-refractivity contribution >= 4 is 40.9 Å². The van der Waals surface area contributed by atoms with E-state index in [0.29, 0.717) is 8.92 Å². The Kier molecular flexibility index (Phi) is 7.70. The van der Waals surface area contributed by atoms with Gasteiger partial charge in [0, 0.05) is 24.8 Å². The quantitative estimate of drug-likeness (QED) is 0.363. The third-order valence-corrected chi connectivity index (χ3v) is 4.25. The third kappa shape index (κ3) is 5.59. The van der Waals surface area contributed by atoms with Crippen molar-refractivity contribution in [2.24, 2.45) is 0 Å². The number of nitrogens with zero attached hydrogens (tertiary/aromatic N) is 2. The zero-order valence-electron chi connectivity index (χ0n) is 10.3. The van der Waals surface area contributed by atoms with E-state index in [4.69, 9.17) is 0 Å². The van der Waals surface area contributed by atoms with Gasteiger partial charge in [-0.3, -0.25) is 9.97 Å². The molecule has 0 aliphatic heterocycles. The van der Waals surface area contributed by atoms with Crippen molar-refractivity contribution < 1.29 is 0 Å². The second kappa shape index (κ2) is 9.34. The van der Waals surface area contributed by atoms with Crippen LogP contribution in [-0.4, -0.2) is 42.0 Å². The van der Waals surface area contributed by atoms with Gasteiger partial charge in [-0.25, -0.2) is 0 Å². The van der Waals surface area contributed by atoms with Gasteiger partial charge in [0.05, 0.1) is 0 Å². The van der Waals surface area contributed by atoms with E-state index < -0.39 is 10.9 Å². The molecule has 4 nitrogen and oxygen atoms in total. The second-order valence-electron chi connectivity index (χ2n) is 3.37. The van der Waals surface area contributed by atoms with Gasteiger partial charge in [0.15, 0.2) is 0 Å². The van der Waals surface area contributed by atoms with Crippen molar-refractivity contribution in [1.82, 2.24) is 9.97 Å². The first-order chi connectivity index (χ1) is 9.64. The fraction of sp³-hybridized carbons (Fsp3) is 0. The van der Waals surface area contributed by atoms with Gasteiger partial charge >= 0.3 is 61.4 Å². The molecule has 0 N–H and O–H groups in total. The number of hydrogen-bond donors (Lipinski definition) is 0. The van der Waals surface area contributed by atoms with Crippen LogP contribution in [0.15, 0.2) is 70.8 Å². The molecule has 0 saturated heterocycles. The maximum absolute atomic E-state index is 10.3. The number of rotatable bonds is 0. The van der Waals surface area contributed by atoms with Gasteiger partial charge in [-0.15, -0.1) is 0 Å². The molecule has 0 amide bonds. The van der Waals surface area contributed by atoms with Crippen LogP contribution >= 0.6 is 0 Å². The van der Waals surface area contributed by atoms with Crippen molar-refractivity contribution in [1.29, 1.82) is 0 Å². The van der Waals surface area contributed by atoms with E-state index in [1.807, 2.05) is 36.4 Å². The molecule has 0 bridgehead atoms. The van der Waals surface area contributed by atoms with Crippen molar-refractivity contribution in [3.8, 4) is 0 Å². The van der Waals surface area contributed by atoms with E-state index in [2.05, 4.69) is 42.0 Å². The molecule has 3 rings (SSSR count). The molecule has 2 aromatic heterocycles. The minimum Gasteiger partial charge on any atom is -0.265 e. The van der Waals surface area contributed by atoms with E-state index in [-0.39, 0.29) is 0 Å². The zero-order valence-corrected chi connectivity index (χ0v) is 13.7. The number of pyridine rings is 2. The van der Waals surface area contributed by atoms with Gasteiger partial charge in [-0.1, -0.05) is 12.1 Å². The van der Waals surface area contributed by atoms with Gasteiger partial charge in [0.25, 0.3) is 0 Å². The Morgan fingerprint density at radius 1 is 0.600 bits per heavy atom. The van der Waals surface area contributed by atoms with Crippen LogP contribution in [0.2, 0.25) is 0 Å². The van der Waals surface area contributed by atoms with Crippen molar-refractivity contribution in [2.45, 2.75) is 0 Å². The van der Waals surface area contributed by atoms with E-state index in [1.165, 1.54) is 0 Å². The van der Waals surface area contributed by atoms with Crippen molar-refractivity contribution in [3.63, 3.8) is 0 Å². The number of hydrogen-bond acceptors (Lipinski definition) is 4. The fourth-order valence-corrected chi connectivity index (χ4v) is 1.75. The summed E-state index contributed by atoms with van der Waals surface area (Å²) in [7, 11) is 0. The minimum absolute atomic E-state index is 0.404. The summed E-state index contributed by atoms with van der Waals surface area (Å²) in [6.45, 7) is 0. The van der Waals surface area contributed by atoms with Crippen LogP contribution < -0.4 is 19.8 Å². The normalized spacial score (nSPS) is 8.80. The number of aromatic nitrogens is 2. The van der Waals surface area contributed by atoms with Gasteiger partial charge in [0.1, 0.15) is 0 Å². The minimum atomic E-state index is -0.404. The molecule has 2 heterocycles. The molecule has 100 valence electrons. The fourth-order valence-electron chi connectivity index (χ4n) is 0.975. The molecule has 0 saturated carbocycles. The molecule has 0 atom stereocenters. The Labute approximate surface area is 132 Å². The Morgan fingerprint density at radius 2 is 0.900 bits per heavy atom. The standard InChI is InChI=1S/2C5H5N.C4O2Se2/c2*1-2-4-6-5-3-1;5-1-2(6)4(8)3(1)7/h2*1-5H;. The van der Waals surface area contributed by atoms with Crippen LogP contribution in [-0.2, 0) is 0 Å². The van der Waals surface area contributed by atoms with Crippen LogP contribution in [0.25, 0.3) is 0 Å². The molecule has 0 spiro atoms. The first kappa shape index (κ1) is 16.5. The zero-order chi connectivity index (χ0) is 14.8. The van der Waals surface area contributed by atoms with Crippen LogP contribution in [0, 0.1) is 0 Å². The Hall–Kier alpha value is -1.58. The molecule has 6 heteroatoms.